The fourth-order valence-corrected chi connectivity index (χ4v) is 3.84. The molecule has 0 aliphatic rings. The first-order chi connectivity index (χ1) is 11.1. The van der Waals surface area contributed by atoms with Crippen LogP contribution in [0.5, 0.6) is 0 Å². The minimum absolute atomic E-state index is 0.0904. The predicted octanol–water partition coefficient (Wildman–Crippen LogP) is 1.77. The molecule has 0 aliphatic heterocycles. The van der Waals surface area contributed by atoms with E-state index >= 15 is 0 Å². The van der Waals surface area contributed by atoms with Gasteiger partial charge in [0.05, 0.1) is 4.90 Å². The normalized spacial score (nSPS) is 13.0. The van der Waals surface area contributed by atoms with E-state index in [0.717, 1.165) is 11.1 Å². The number of rotatable bonds is 8. The third-order valence-corrected chi connectivity index (χ3v) is 5.23. The molecule has 1 atom stereocenters. The van der Waals surface area contributed by atoms with Crippen LogP contribution in [0.25, 0.3) is 0 Å². The van der Waals surface area contributed by atoms with Crippen LogP contribution in [0.3, 0.4) is 0 Å². The molecule has 0 bridgehead atoms. The Labute approximate surface area is 137 Å². The van der Waals surface area contributed by atoms with E-state index in [1.807, 2.05) is 31.2 Å². The number of aliphatic hydroxyl groups excluding tert-OH is 1. The third-order valence-electron chi connectivity index (χ3n) is 3.71. The van der Waals surface area contributed by atoms with Gasteiger partial charge in [-0.15, -0.1) is 0 Å². The van der Waals surface area contributed by atoms with Crippen molar-refractivity contribution in [2.45, 2.75) is 24.7 Å². The van der Waals surface area contributed by atoms with Crippen molar-refractivity contribution in [3.63, 3.8) is 0 Å². The second-order valence-electron chi connectivity index (χ2n) is 5.43. The smallest absolute Gasteiger partial charge is 0.240 e. The van der Waals surface area contributed by atoms with Gasteiger partial charge < -0.3 is 5.11 Å². The average molecular weight is 334 g/mol. The molecule has 2 rings (SSSR count). The van der Waals surface area contributed by atoms with E-state index in [9.17, 15) is 13.5 Å². The molecular weight excluding hydrogens is 312 g/mol. The summed E-state index contributed by atoms with van der Waals surface area (Å²) < 4.78 is 27.6. The number of hydrogen-bond donors (Lipinski definition) is 2. The minimum Gasteiger partial charge on any atom is -0.396 e. The van der Waals surface area contributed by atoms with Crippen molar-refractivity contribution in [1.82, 2.24) is 9.71 Å². The molecule has 0 spiro atoms. The highest BCUT2D eigenvalue weighted by atomic mass is 32.2. The van der Waals surface area contributed by atoms with Gasteiger partial charge in [-0.25, -0.2) is 13.1 Å². The van der Waals surface area contributed by atoms with Gasteiger partial charge >= 0.3 is 0 Å². The summed E-state index contributed by atoms with van der Waals surface area (Å²) in [5.74, 6) is -0.192. The summed E-state index contributed by atoms with van der Waals surface area (Å²) in [7, 11) is -3.58. The fraction of sp³-hybridized carbons (Fsp3) is 0.353. The molecule has 1 aromatic carbocycles. The quantitative estimate of drug-likeness (QED) is 0.771. The monoisotopic (exact) mass is 334 g/mol. The van der Waals surface area contributed by atoms with E-state index in [-0.39, 0.29) is 19.1 Å². The highest BCUT2D eigenvalue weighted by Crippen LogP contribution is 2.16. The summed E-state index contributed by atoms with van der Waals surface area (Å²) in [6.07, 6.45) is 4.63. The van der Waals surface area contributed by atoms with E-state index in [1.165, 1.54) is 0 Å². The first-order valence-electron chi connectivity index (χ1n) is 7.64. The molecule has 2 N–H and O–H groups in total. The van der Waals surface area contributed by atoms with Crippen LogP contribution in [0.2, 0.25) is 0 Å². The SMILES string of the molecule is CCc1ccccc1S(=O)(=O)NC[C@H](CO)Cc1cccnc1. The highest BCUT2D eigenvalue weighted by molar-refractivity contribution is 7.89. The average Bonchev–Trinajstić information content (AvgIpc) is 2.59. The minimum atomic E-state index is -3.58. The number of aryl methyl sites for hydroxylation is 1. The van der Waals surface area contributed by atoms with Gasteiger partial charge in [-0.1, -0.05) is 31.2 Å². The molecule has 1 aromatic heterocycles. The van der Waals surface area contributed by atoms with Crippen molar-refractivity contribution in [3.05, 3.63) is 59.9 Å². The second-order valence-corrected chi connectivity index (χ2v) is 7.16. The van der Waals surface area contributed by atoms with E-state index in [4.69, 9.17) is 0 Å². The van der Waals surface area contributed by atoms with Crippen molar-refractivity contribution in [1.29, 1.82) is 0 Å². The van der Waals surface area contributed by atoms with Crippen LogP contribution >= 0.6 is 0 Å². The molecule has 0 fully saturated rings. The summed E-state index contributed by atoms with van der Waals surface area (Å²) in [6, 6.07) is 10.7. The Morgan fingerprint density at radius 1 is 1.22 bits per heavy atom. The molecule has 5 nitrogen and oxygen atoms in total. The summed E-state index contributed by atoms with van der Waals surface area (Å²) in [6.45, 7) is 2.02. The highest BCUT2D eigenvalue weighted by Gasteiger charge is 2.19. The van der Waals surface area contributed by atoms with Crippen LogP contribution in [0, 0.1) is 5.92 Å². The molecule has 0 amide bonds. The van der Waals surface area contributed by atoms with Crippen LogP contribution in [-0.2, 0) is 22.9 Å². The van der Waals surface area contributed by atoms with Crippen molar-refractivity contribution in [2.24, 2.45) is 5.92 Å². The molecular formula is C17H22N2O3S. The Morgan fingerprint density at radius 3 is 2.65 bits per heavy atom. The molecule has 0 unspecified atom stereocenters. The molecule has 1 heterocycles. The van der Waals surface area contributed by atoms with Gasteiger partial charge in [0, 0.05) is 25.5 Å². The topological polar surface area (TPSA) is 79.3 Å². The Hall–Kier alpha value is -1.76. The number of aliphatic hydroxyl groups is 1. The van der Waals surface area contributed by atoms with Crippen LogP contribution in [-0.4, -0.2) is 31.7 Å². The van der Waals surface area contributed by atoms with Gasteiger partial charge in [0.15, 0.2) is 0 Å². The zero-order valence-corrected chi connectivity index (χ0v) is 14.0. The zero-order valence-electron chi connectivity index (χ0n) is 13.1. The standard InChI is InChI=1S/C17H22N2O3S/c1-2-16-7-3-4-8-17(16)23(21,22)19-12-15(13-20)10-14-6-5-9-18-11-14/h3-9,11,15,19-20H,2,10,12-13H2,1H3/t15-/m1/s1. The lowest BCUT2D eigenvalue weighted by molar-refractivity contribution is 0.227. The second kappa shape index (κ2) is 8.19. The summed E-state index contributed by atoms with van der Waals surface area (Å²) in [5.41, 5.74) is 1.76. The number of hydrogen-bond acceptors (Lipinski definition) is 4. The number of aromatic nitrogens is 1. The Bertz CT molecular complexity index is 718. The van der Waals surface area contributed by atoms with Gasteiger partial charge in [0.25, 0.3) is 0 Å². The molecule has 0 saturated carbocycles. The van der Waals surface area contributed by atoms with Crippen LogP contribution in [0.1, 0.15) is 18.1 Å². The number of sulfonamides is 1. The predicted molar refractivity (Wildman–Crippen MR) is 89.5 cm³/mol. The third kappa shape index (κ3) is 4.86. The molecule has 0 aliphatic carbocycles. The molecule has 0 saturated heterocycles. The van der Waals surface area contributed by atoms with Crippen LogP contribution < -0.4 is 4.72 Å². The largest absolute Gasteiger partial charge is 0.396 e. The molecule has 2 aromatic rings. The maximum atomic E-state index is 12.5. The maximum absolute atomic E-state index is 12.5. The van der Waals surface area contributed by atoms with E-state index in [2.05, 4.69) is 9.71 Å². The fourth-order valence-electron chi connectivity index (χ4n) is 2.42. The Kier molecular flexibility index (Phi) is 6.27. The van der Waals surface area contributed by atoms with Crippen molar-refractivity contribution >= 4 is 10.0 Å². The summed E-state index contributed by atoms with van der Waals surface area (Å²) in [4.78, 5) is 4.34. The van der Waals surface area contributed by atoms with Gasteiger partial charge in [-0.05, 0) is 42.0 Å². The first kappa shape index (κ1) is 17.6. The van der Waals surface area contributed by atoms with E-state index in [1.54, 1.807) is 24.5 Å². The van der Waals surface area contributed by atoms with Crippen LogP contribution in [0.15, 0.2) is 53.7 Å². The molecule has 124 valence electrons. The maximum Gasteiger partial charge on any atom is 0.240 e. The van der Waals surface area contributed by atoms with Crippen molar-refractivity contribution < 1.29 is 13.5 Å². The van der Waals surface area contributed by atoms with E-state index < -0.39 is 10.0 Å². The van der Waals surface area contributed by atoms with Gasteiger partial charge in [0.2, 0.25) is 10.0 Å². The Morgan fingerprint density at radius 2 is 2.00 bits per heavy atom. The van der Waals surface area contributed by atoms with Gasteiger partial charge in [0.1, 0.15) is 0 Å². The zero-order chi connectivity index (χ0) is 16.7. The summed E-state index contributed by atoms with van der Waals surface area (Å²) in [5, 5.41) is 9.50. The van der Waals surface area contributed by atoms with Crippen LogP contribution in [0.4, 0.5) is 0 Å². The van der Waals surface area contributed by atoms with Gasteiger partial charge in [-0.2, -0.15) is 0 Å². The van der Waals surface area contributed by atoms with E-state index in [0.29, 0.717) is 17.7 Å². The first-order valence-corrected chi connectivity index (χ1v) is 9.12. The number of nitrogens with one attached hydrogen (secondary N) is 1. The molecule has 23 heavy (non-hydrogen) atoms. The summed E-state index contributed by atoms with van der Waals surface area (Å²) >= 11 is 0. The lowest BCUT2D eigenvalue weighted by atomic mass is 10.0. The van der Waals surface area contributed by atoms with Crippen molar-refractivity contribution in [2.75, 3.05) is 13.2 Å². The lowest BCUT2D eigenvalue weighted by Gasteiger charge is -2.16. The Balaban J connectivity index is 2.05. The lowest BCUT2D eigenvalue weighted by Crippen LogP contribution is -2.32. The molecule has 6 heteroatoms. The van der Waals surface area contributed by atoms with Gasteiger partial charge in [-0.3, -0.25) is 4.98 Å². The number of benzene rings is 1. The van der Waals surface area contributed by atoms with Crippen molar-refractivity contribution in [3.8, 4) is 0 Å². The number of pyridine rings is 1. The number of nitrogens with zero attached hydrogens (tertiary/aromatic N) is 1. The molecule has 0 radical (unpaired) electrons.